The third-order valence-electron chi connectivity index (χ3n) is 3.57. The lowest BCUT2D eigenvalue weighted by Crippen LogP contribution is -2.05. The summed E-state index contributed by atoms with van der Waals surface area (Å²) in [5, 5.41) is 21.4. The van der Waals surface area contributed by atoms with E-state index in [1.54, 1.807) is 18.3 Å². The van der Waals surface area contributed by atoms with Crippen LogP contribution in [0.3, 0.4) is 0 Å². The number of hydrogen-bond acceptors (Lipinski definition) is 6. The number of halogens is 1. The second-order valence-electron chi connectivity index (χ2n) is 5.23. The second-order valence-corrected chi connectivity index (χ2v) is 6.02. The first-order chi connectivity index (χ1) is 11.6. The van der Waals surface area contributed by atoms with Gasteiger partial charge in [0, 0.05) is 6.61 Å². The van der Waals surface area contributed by atoms with E-state index in [1.807, 2.05) is 6.92 Å². The number of nitrogens with one attached hydrogen (secondary N) is 1. The largest absolute Gasteiger partial charge is 0.503 e. The Morgan fingerprint density at radius 2 is 2.46 bits per heavy atom. The Hall–Kier alpha value is -1.90. The normalized spacial score (nSPS) is 17.7. The zero-order valence-electron chi connectivity index (χ0n) is 13.0. The van der Waals surface area contributed by atoms with Crippen molar-refractivity contribution in [1.29, 1.82) is 0 Å². The average molecular weight is 369 g/mol. The Morgan fingerprint density at radius 1 is 1.62 bits per heavy atom. The quantitative estimate of drug-likeness (QED) is 0.623. The van der Waals surface area contributed by atoms with Gasteiger partial charge < -0.3 is 14.6 Å². The molecule has 2 N–H and O–H groups in total. The predicted octanol–water partition coefficient (Wildman–Crippen LogP) is 3.43. The van der Waals surface area contributed by atoms with E-state index >= 15 is 0 Å². The zero-order valence-corrected chi connectivity index (χ0v) is 14.6. The summed E-state index contributed by atoms with van der Waals surface area (Å²) in [6.45, 7) is 2.95. The van der Waals surface area contributed by atoms with Gasteiger partial charge in [0.2, 0.25) is 4.77 Å². The molecule has 9 heteroatoms. The molecule has 0 aliphatic carbocycles. The number of nitrogens with zero attached hydrogens (tertiary/aromatic N) is 3. The van der Waals surface area contributed by atoms with Crippen LogP contribution in [0.1, 0.15) is 37.3 Å². The van der Waals surface area contributed by atoms with Crippen molar-refractivity contribution in [3.8, 4) is 11.5 Å². The van der Waals surface area contributed by atoms with Gasteiger partial charge in [-0.15, -0.1) is 0 Å². The van der Waals surface area contributed by atoms with Gasteiger partial charge >= 0.3 is 0 Å². The molecule has 1 aromatic heterocycles. The van der Waals surface area contributed by atoms with E-state index in [9.17, 15) is 5.11 Å². The van der Waals surface area contributed by atoms with Crippen LogP contribution < -0.4 is 4.74 Å². The average Bonchev–Trinajstić information content (AvgIpc) is 3.20. The van der Waals surface area contributed by atoms with E-state index in [4.69, 9.17) is 33.3 Å². The molecule has 0 radical (unpaired) electrons. The molecule has 1 unspecified atom stereocenters. The van der Waals surface area contributed by atoms with Crippen molar-refractivity contribution in [2.24, 2.45) is 5.10 Å². The molecule has 1 atom stereocenters. The smallest absolute Gasteiger partial charge is 0.216 e. The van der Waals surface area contributed by atoms with Crippen molar-refractivity contribution in [2.75, 3.05) is 13.2 Å². The van der Waals surface area contributed by atoms with Crippen molar-refractivity contribution >= 4 is 30.0 Å². The number of ether oxygens (including phenoxy) is 2. The molecule has 3 rings (SSSR count). The number of rotatable bonds is 5. The second kappa shape index (κ2) is 7.33. The van der Waals surface area contributed by atoms with Crippen LogP contribution in [0.25, 0.3) is 0 Å². The van der Waals surface area contributed by atoms with Gasteiger partial charge in [-0.2, -0.15) is 14.9 Å². The lowest BCUT2D eigenvalue weighted by atomic mass is 10.2. The van der Waals surface area contributed by atoms with Gasteiger partial charge in [-0.25, -0.2) is 0 Å². The van der Waals surface area contributed by atoms with Crippen molar-refractivity contribution in [2.45, 2.75) is 25.9 Å². The van der Waals surface area contributed by atoms with Gasteiger partial charge in [-0.1, -0.05) is 11.6 Å². The van der Waals surface area contributed by atoms with Crippen LogP contribution in [0.4, 0.5) is 0 Å². The molecule has 1 fully saturated rings. The summed E-state index contributed by atoms with van der Waals surface area (Å²) >= 11 is 11.2. The monoisotopic (exact) mass is 368 g/mol. The predicted molar refractivity (Wildman–Crippen MR) is 92.6 cm³/mol. The van der Waals surface area contributed by atoms with Gasteiger partial charge in [-0.05, 0) is 49.7 Å². The third-order valence-corrected chi connectivity index (χ3v) is 4.12. The number of H-pyrrole nitrogens is 1. The molecule has 7 nitrogen and oxygen atoms in total. The first-order valence-electron chi connectivity index (χ1n) is 7.58. The highest BCUT2D eigenvalue weighted by Gasteiger charge is 2.23. The van der Waals surface area contributed by atoms with Crippen LogP contribution in [-0.4, -0.2) is 39.4 Å². The summed E-state index contributed by atoms with van der Waals surface area (Å²) in [6, 6.07) is 3.25. The summed E-state index contributed by atoms with van der Waals surface area (Å²) < 4.78 is 12.9. The summed E-state index contributed by atoms with van der Waals surface area (Å²) in [4.78, 5) is 0. The molecule has 1 saturated heterocycles. The lowest BCUT2D eigenvalue weighted by molar-refractivity contribution is 0.102. The summed E-state index contributed by atoms with van der Waals surface area (Å²) in [5.41, 5.74) is 0.669. The molecule has 128 valence electrons. The Bertz CT molecular complexity index is 812. The van der Waals surface area contributed by atoms with Crippen molar-refractivity contribution < 1.29 is 14.6 Å². The number of phenols is 1. The SMILES string of the molecule is CCOc1cc(/C=N\n2c(C3CCCO3)n[nH]c2=S)cc(Cl)c1O. The van der Waals surface area contributed by atoms with E-state index in [-0.39, 0.29) is 16.9 Å². The minimum Gasteiger partial charge on any atom is -0.503 e. The molecule has 1 aliphatic heterocycles. The maximum Gasteiger partial charge on any atom is 0.216 e. The molecule has 2 heterocycles. The van der Waals surface area contributed by atoms with Crippen LogP contribution >= 0.6 is 23.8 Å². The maximum absolute atomic E-state index is 9.88. The van der Waals surface area contributed by atoms with Crippen molar-refractivity contribution in [3.05, 3.63) is 33.3 Å². The van der Waals surface area contributed by atoms with E-state index in [0.29, 0.717) is 35.1 Å². The fourth-order valence-electron chi connectivity index (χ4n) is 2.46. The summed E-state index contributed by atoms with van der Waals surface area (Å²) in [7, 11) is 0. The van der Waals surface area contributed by atoms with E-state index in [2.05, 4.69) is 15.3 Å². The number of benzene rings is 1. The standard InChI is InChI=1S/C15H17ClN4O3S/c1-2-22-12-7-9(6-10(16)13(12)21)8-17-20-14(18-19-15(20)24)11-4-3-5-23-11/h6-8,11,21H,2-5H2,1H3,(H,19,24)/b17-8-. The molecule has 1 aliphatic rings. The topological polar surface area (TPSA) is 84.7 Å². The number of aromatic amines is 1. The fourth-order valence-corrected chi connectivity index (χ4v) is 2.87. The van der Waals surface area contributed by atoms with E-state index in [0.717, 1.165) is 12.8 Å². The van der Waals surface area contributed by atoms with Gasteiger partial charge in [0.15, 0.2) is 17.3 Å². The number of phenolic OH excluding ortho intramolecular Hbond substituents is 1. The molecule has 1 aromatic carbocycles. The molecular formula is C15H17ClN4O3S. The highest BCUT2D eigenvalue weighted by atomic mass is 35.5. The Labute approximate surface area is 148 Å². The van der Waals surface area contributed by atoms with E-state index < -0.39 is 0 Å². The number of hydrogen-bond donors (Lipinski definition) is 2. The molecule has 0 saturated carbocycles. The molecule has 0 amide bonds. The fraction of sp³-hybridized carbons (Fsp3) is 0.400. The minimum absolute atomic E-state index is 0.0874. The van der Waals surface area contributed by atoms with E-state index in [1.165, 1.54) is 4.68 Å². The molecular weight excluding hydrogens is 352 g/mol. The maximum atomic E-state index is 9.88. The van der Waals surface area contributed by atoms with Crippen LogP contribution in [-0.2, 0) is 4.74 Å². The first-order valence-corrected chi connectivity index (χ1v) is 8.37. The summed E-state index contributed by atoms with van der Waals surface area (Å²) in [6.07, 6.45) is 3.34. The Morgan fingerprint density at radius 3 is 3.17 bits per heavy atom. The molecule has 0 bridgehead atoms. The molecule has 2 aromatic rings. The molecule has 24 heavy (non-hydrogen) atoms. The minimum atomic E-state index is -0.113. The van der Waals surface area contributed by atoms with Crippen LogP contribution in [0.15, 0.2) is 17.2 Å². The zero-order chi connectivity index (χ0) is 17.1. The van der Waals surface area contributed by atoms with Gasteiger partial charge in [-0.3, -0.25) is 5.10 Å². The van der Waals surface area contributed by atoms with Crippen LogP contribution in [0, 0.1) is 4.77 Å². The Kier molecular flexibility index (Phi) is 5.17. The van der Waals surface area contributed by atoms with Crippen LogP contribution in [0.5, 0.6) is 11.5 Å². The Balaban J connectivity index is 1.91. The first kappa shape index (κ1) is 16.9. The van der Waals surface area contributed by atoms with Crippen molar-refractivity contribution in [1.82, 2.24) is 14.9 Å². The summed E-state index contributed by atoms with van der Waals surface area (Å²) in [5.74, 6) is 0.862. The van der Waals surface area contributed by atoms with Crippen molar-refractivity contribution in [3.63, 3.8) is 0 Å². The lowest BCUT2D eigenvalue weighted by Gasteiger charge is -2.09. The van der Waals surface area contributed by atoms with Gasteiger partial charge in [0.1, 0.15) is 6.10 Å². The number of aromatic nitrogens is 3. The van der Waals surface area contributed by atoms with Gasteiger partial charge in [0.05, 0.1) is 17.8 Å². The highest BCUT2D eigenvalue weighted by molar-refractivity contribution is 7.71. The third kappa shape index (κ3) is 3.45. The van der Waals surface area contributed by atoms with Gasteiger partial charge in [0.25, 0.3) is 0 Å². The number of aromatic hydroxyl groups is 1. The van der Waals surface area contributed by atoms with Crippen LogP contribution in [0.2, 0.25) is 5.02 Å². The molecule has 0 spiro atoms. The highest BCUT2D eigenvalue weighted by Crippen LogP contribution is 2.34.